The van der Waals surface area contributed by atoms with Crippen LogP contribution in [0.1, 0.15) is 17.0 Å². The molecule has 0 saturated carbocycles. The first-order valence-corrected chi connectivity index (χ1v) is 9.48. The third kappa shape index (κ3) is 3.48. The summed E-state index contributed by atoms with van der Waals surface area (Å²) >= 11 is 1.20. The highest BCUT2D eigenvalue weighted by Crippen LogP contribution is 2.30. The van der Waals surface area contributed by atoms with Gasteiger partial charge >= 0.3 is 0 Å². The van der Waals surface area contributed by atoms with Crippen molar-refractivity contribution in [1.29, 1.82) is 0 Å². The summed E-state index contributed by atoms with van der Waals surface area (Å²) in [6.45, 7) is 4.01. The number of hydrogen-bond donors (Lipinski definition) is 1. The van der Waals surface area contributed by atoms with Crippen molar-refractivity contribution in [2.45, 2.75) is 13.8 Å². The van der Waals surface area contributed by atoms with E-state index in [0.29, 0.717) is 10.1 Å². The molecule has 3 aromatic rings. The van der Waals surface area contributed by atoms with Crippen molar-refractivity contribution in [3.05, 3.63) is 82.5 Å². The second-order valence-electron chi connectivity index (χ2n) is 6.31. The van der Waals surface area contributed by atoms with Crippen LogP contribution in [0.2, 0.25) is 0 Å². The summed E-state index contributed by atoms with van der Waals surface area (Å²) in [6, 6.07) is 12.1. The van der Waals surface area contributed by atoms with Gasteiger partial charge in [-0.25, -0.2) is 9.38 Å². The lowest BCUT2D eigenvalue weighted by molar-refractivity contribution is -0.115. The van der Waals surface area contributed by atoms with Crippen molar-refractivity contribution in [3.63, 3.8) is 0 Å². The summed E-state index contributed by atoms with van der Waals surface area (Å²) < 4.78 is 15.9. The first kappa shape index (κ1) is 18.2. The Balaban J connectivity index is 1.65. The Bertz CT molecular complexity index is 1120. The standard InChI is InChI=1S/C21H17FN4OS/c1-13-10-15(14(2)26(13)16-6-5-9-23-12-16)11-19-20(27)25-21(28-19)24-18-8-4-3-7-17(18)22/h3-12H,1-2H3,(H,24,25,27)/b19-11-. The van der Waals surface area contributed by atoms with E-state index in [1.807, 2.05) is 38.1 Å². The molecule has 3 heterocycles. The maximum atomic E-state index is 13.8. The Morgan fingerprint density at radius 2 is 2.04 bits per heavy atom. The van der Waals surface area contributed by atoms with Gasteiger partial charge in [0.15, 0.2) is 5.17 Å². The van der Waals surface area contributed by atoms with Crippen LogP contribution in [0.4, 0.5) is 10.1 Å². The van der Waals surface area contributed by atoms with Crippen LogP contribution in [0, 0.1) is 19.7 Å². The minimum atomic E-state index is -0.428. The fourth-order valence-corrected chi connectivity index (χ4v) is 3.92. The van der Waals surface area contributed by atoms with Gasteiger partial charge in [0.1, 0.15) is 11.5 Å². The highest BCUT2D eigenvalue weighted by atomic mass is 32.2. The zero-order chi connectivity index (χ0) is 19.7. The molecule has 4 rings (SSSR count). The van der Waals surface area contributed by atoms with Crippen LogP contribution in [0.5, 0.6) is 0 Å². The first-order valence-electron chi connectivity index (χ1n) is 8.66. The van der Waals surface area contributed by atoms with Crippen LogP contribution in [-0.4, -0.2) is 20.6 Å². The van der Waals surface area contributed by atoms with Crippen LogP contribution < -0.4 is 5.32 Å². The van der Waals surface area contributed by atoms with Crippen molar-refractivity contribution in [3.8, 4) is 5.69 Å². The molecule has 7 heteroatoms. The van der Waals surface area contributed by atoms with Crippen molar-refractivity contribution in [1.82, 2.24) is 14.9 Å². The maximum absolute atomic E-state index is 13.8. The summed E-state index contributed by atoms with van der Waals surface area (Å²) in [7, 11) is 0. The van der Waals surface area contributed by atoms with Gasteiger partial charge < -0.3 is 9.88 Å². The highest BCUT2D eigenvalue weighted by molar-refractivity contribution is 8.18. The van der Waals surface area contributed by atoms with Gasteiger partial charge in [-0.3, -0.25) is 9.78 Å². The van der Waals surface area contributed by atoms with Crippen molar-refractivity contribution in [2.24, 2.45) is 4.99 Å². The number of carbonyl (C=O) groups is 1. The molecule has 1 saturated heterocycles. The summed E-state index contributed by atoms with van der Waals surface area (Å²) in [4.78, 5) is 21.2. The minimum absolute atomic E-state index is 0.196. The topological polar surface area (TPSA) is 59.3 Å². The maximum Gasteiger partial charge on any atom is 0.264 e. The number of nitrogens with one attached hydrogen (secondary N) is 1. The number of para-hydroxylation sites is 1. The van der Waals surface area contributed by atoms with E-state index in [-0.39, 0.29) is 11.6 Å². The van der Waals surface area contributed by atoms with E-state index in [0.717, 1.165) is 22.6 Å². The monoisotopic (exact) mass is 392 g/mol. The number of hydrogen-bond acceptors (Lipinski definition) is 4. The third-order valence-corrected chi connectivity index (χ3v) is 5.30. The Morgan fingerprint density at radius 1 is 1.21 bits per heavy atom. The molecular formula is C21H17FN4OS. The van der Waals surface area contributed by atoms with Crippen LogP contribution in [0.3, 0.4) is 0 Å². The zero-order valence-corrected chi connectivity index (χ0v) is 16.1. The summed E-state index contributed by atoms with van der Waals surface area (Å²) in [6.07, 6.45) is 5.36. The van der Waals surface area contributed by atoms with Crippen molar-refractivity contribution >= 4 is 34.6 Å². The predicted octanol–water partition coefficient (Wildman–Crippen LogP) is 4.52. The number of rotatable bonds is 3. The van der Waals surface area contributed by atoms with E-state index >= 15 is 0 Å². The van der Waals surface area contributed by atoms with Gasteiger partial charge in [0.25, 0.3) is 5.91 Å². The average Bonchev–Trinajstić information content (AvgIpc) is 3.16. The van der Waals surface area contributed by atoms with Gasteiger partial charge in [0.2, 0.25) is 0 Å². The molecule has 1 aromatic carbocycles. The SMILES string of the molecule is Cc1cc(/C=C2\SC(=Nc3ccccc3F)NC2=O)c(C)n1-c1cccnc1. The largest absolute Gasteiger partial charge is 0.316 e. The Labute approximate surface area is 166 Å². The second-order valence-corrected chi connectivity index (χ2v) is 7.34. The Morgan fingerprint density at radius 3 is 2.79 bits per heavy atom. The summed E-state index contributed by atoms with van der Waals surface area (Å²) in [5, 5.41) is 3.06. The van der Waals surface area contributed by atoms with Gasteiger partial charge in [-0.1, -0.05) is 12.1 Å². The summed E-state index contributed by atoms with van der Waals surface area (Å²) in [5.41, 5.74) is 4.15. The molecule has 0 bridgehead atoms. The highest BCUT2D eigenvalue weighted by Gasteiger charge is 2.25. The van der Waals surface area contributed by atoms with Crippen LogP contribution in [0.25, 0.3) is 11.8 Å². The molecule has 0 atom stereocenters. The quantitative estimate of drug-likeness (QED) is 0.667. The molecule has 1 amide bonds. The second kappa shape index (κ2) is 7.44. The van der Waals surface area contributed by atoms with Crippen molar-refractivity contribution < 1.29 is 9.18 Å². The average molecular weight is 392 g/mol. The Hall–Kier alpha value is -3.19. The van der Waals surface area contributed by atoms with Crippen molar-refractivity contribution in [2.75, 3.05) is 0 Å². The molecule has 0 unspecified atom stereocenters. The van der Waals surface area contributed by atoms with Crippen LogP contribution >= 0.6 is 11.8 Å². The van der Waals surface area contributed by atoms with E-state index in [4.69, 9.17) is 0 Å². The first-order chi connectivity index (χ1) is 13.5. The van der Waals surface area contributed by atoms with Gasteiger partial charge in [-0.2, -0.15) is 0 Å². The number of carbonyl (C=O) groups excluding carboxylic acids is 1. The molecule has 1 aliphatic heterocycles. The lowest BCUT2D eigenvalue weighted by atomic mass is 10.2. The lowest BCUT2D eigenvalue weighted by Gasteiger charge is -2.08. The number of nitrogens with zero attached hydrogens (tertiary/aromatic N) is 3. The minimum Gasteiger partial charge on any atom is -0.316 e. The van der Waals surface area contributed by atoms with Gasteiger partial charge in [0, 0.05) is 17.6 Å². The molecule has 1 N–H and O–H groups in total. The number of amidine groups is 1. The Kier molecular flexibility index (Phi) is 4.83. The van der Waals surface area contributed by atoms with E-state index < -0.39 is 5.82 Å². The number of pyridine rings is 1. The number of aryl methyl sites for hydroxylation is 1. The van der Waals surface area contributed by atoms with Crippen LogP contribution in [0.15, 0.2) is 64.8 Å². The fourth-order valence-electron chi connectivity index (χ4n) is 3.09. The van der Waals surface area contributed by atoms with Gasteiger partial charge in [-0.15, -0.1) is 0 Å². The molecule has 1 fully saturated rings. The van der Waals surface area contributed by atoms with Crippen LogP contribution in [-0.2, 0) is 4.79 Å². The zero-order valence-electron chi connectivity index (χ0n) is 15.3. The molecule has 0 aliphatic carbocycles. The van der Waals surface area contributed by atoms with E-state index in [2.05, 4.69) is 19.9 Å². The molecule has 5 nitrogen and oxygen atoms in total. The smallest absolute Gasteiger partial charge is 0.264 e. The van der Waals surface area contributed by atoms with E-state index in [1.54, 1.807) is 30.6 Å². The number of halogens is 1. The normalized spacial score (nSPS) is 16.8. The number of thioether (sulfide) groups is 1. The van der Waals surface area contributed by atoms with Gasteiger partial charge in [0.05, 0.1) is 16.8 Å². The number of benzene rings is 1. The predicted molar refractivity (Wildman–Crippen MR) is 110 cm³/mol. The number of aliphatic imine (C=N–C) groups is 1. The molecule has 2 aromatic heterocycles. The molecular weight excluding hydrogens is 375 g/mol. The van der Waals surface area contributed by atoms with E-state index in [9.17, 15) is 9.18 Å². The molecule has 0 spiro atoms. The molecule has 140 valence electrons. The summed E-state index contributed by atoms with van der Waals surface area (Å²) in [5.74, 6) is -0.673. The fraction of sp³-hybridized carbons (Fsp3) is 0.0952. The molecule has 1 aliphatic rings. The lowest BCUT2D eigenvalue weighted by Crippen LogP contribution is -2.19. The third-order valence-electron chi connectivity index (χ3n) is 4.39. The molecule has 28 heavy (non-hydrogen) atoms. The van der Waals surface area contributed by atoms with Gasteiger partial charge in [-0.05, 0) is 67.6 Å². The number of amides is 1. The molecule has 0 radical (unpaired) electrons. The number of aromatic nitrogens is 2. The van der Waals surface area contributed by atoms with E-state index in [1.165, 1.54) is 17.8 Å².